The van der Waals surface area contributed by atoms with Crippen LogP contribution in [0.5, 0.6) is 0 Å². The Bertz CT molecular complexity index is 733. The van der Waals surface area contributed by atoms with E-state index in [1.807, 2.05) is 67.7 Å². The molecule has 25 heavy (non-hydrogen) atoms. The molecule has 2 unspecified atom stereocenters. The lowest BCUT2D eigenvalue weighted by molar-refractivity contribution is -0.119. The van der Waals surface area contributed by atoms with E-state index in [1.54, 1.807) is 0 Å². The van der Waals surface area contributed by atoms with Gasteiger partial charge in [-0.05, 0) is 39.3 Å². The van der Waals surface area contributed by atoms with Gasteiger partial charge in [0, 0.05) is 43.1 Å². The van der Waals surface area contributed by atoms with Crippen LogP contribution in [0.3, 0.4) is 0 Å². The third kappa shape index (κ3) is 3.61. The van der Waals surface area contributed by atoms with Crippen molar-refractivity contribution in [3.05, 3.63) is 47.3 Å². The zero-order valence-corrected chi connectivity index (χ0v) is 15.5. The number of amides is 1. The molecular formula is C20H27N3O2. The van der Waals surface area contributed by atoms with Gasteiger partial charge < -0.3 is 9.64 Å². The van der Waals surface area contributed by atoms with Gasteiger partial charge in [0.2, 0.25) is 5.91 Å². The van der Waals surface area contributed by atoms with Crippen molar-refractivity contribution in [1.82, 2.24) is 9.78 Å². The molecular weight excluding hydrogens is 314 g/mol. The molecule has 1 aromatic heterocycles. The molecule has 0 aliphatic carbocycles. The molecule has 1 fully saturated rings. The third-order valence-electron chi connectivity index (χ3n) is 5.17. The van der Waals surface area contributed by atoms with Crippen molar-refractivity contribution < 1.29 is 9.53 Å². The van der Waals surface area contributed by atoms with Crippen LogP contribution in [0.2, 0.25) is 0 Å². The average molecular weight is 341 g/mol. The smallest absolute Gasteiger partial charge is 0.234 e. The monoisotopic (exact) mass is 341 g/mol. The molecule has 2 heterocycles. The van der Waals surface area contributed by atoms with Crippen LogP contribution in [0.15, 0.2) is 30.3 Å². The van der Waals surface area contributed by atoms with Gasteiger partial charge in [0.1, 0.15) is 0 Å². The fourth-order valence-electron chi connectivity index (χ4n) is 3.69. The van der Waals surface area contributed by atoms with Crippen LogP contribution in [0.4, 0.5) is 5.69 Å². The topological polar surface area (TPSA) is 47.4 Å². The summed E-state index contributed by atoms with van der Waals surface area (Å²) in [5.41, 5.74) is 3.97. The first-order valence-corrected chi connectivity index (χ1v) is 8.93. The molecule has 0 bridgehead atoms. The highest BCUT2D eigenvalue weighted by molar-refractivity contribution is 5.98. The number of hydrogen-bond donors (Lipinski definition) is 0. The van der Waals surface area contributed by atoms with E-state index in [9.17, 15) is 4.79 Å². The molecule has 1 amide bonds. The summed E-state index contributed by atoms with van der Waals surface area (Å²) < 4.78 is 7.36. The maximum atomic E-state index is 13.4. The lowest BCUT2D eigenvalue weighted by Gasteiger charge is -2.28. The Morgan fingerprint density at radius 1 is 1.36 bits per heavy atom. The van der Waals surface area contributed by atoms with Crippen molar-refractivity contribution in [2.75, 3.05) is 24.7 Å². The molecule has 0 spiro atoms. The van der Waals surface area contributed by atoms with E-state index in [-0.39, 0.29) is 11.8 Å². The highest BCUT2D eigenvalue weighted by Crippen LogP contribution is 2.28. The predicted octanol–water partition coefficient (Wildman–Crippen LogP) is 3.21. The highest BCUT2D eigenvalue weighted by Gasteiger charge is 2.30. The fraction of sp³-hybridized carbons (Fsp3) is 0.500. The molecule has 2 aromatic rings. The number of carbonyl (C=O) groups is 1. The Morgan fingerprint density at radius 3 is 2.64 bits per heavy atom. The van der Waals surface area contributed by atoms with Crippen molar-refractivity contribution in [2.45, 2.75) is 33.1 Å². The minimum absolute atomic E-state index is 0.123. The Hall–Kier alpha value is -2.14. The summed E-state index contributed by atoms with van der Waals surface area (Å²) in [5, 5.41) is 4.48. The summed E-state index contributed by atoms with van der Waals surface area (Å²) in [6, 6.07) is 9.94. The molecule has 5 nitrogen and oxygen atoms in total. The first-order valence-electron chi connectivity index (χ1n) is 8.93. The number of aryl methyl sites for hydroxylation is 2. The SMILES string of the molecule is Cc1nn(C)c(C)c1C(C)C(=O)N(CC1CCOC1)c1ccccc1. The van der Waals surface area contributed by atoms with Crippen LogP contribution >= 0.6 is 0 Å². The van der Waals surface area contributed by atoms with Gasteiger partial charge in [0.15, 0.2) is 0 Å². The van der Waals surface area contributed by atoms with Crippen LogP contribution in [0.25, 0.3) is 0 Å². The van der Waals surface area contributed by atoms with E-state index in [2.05, 4.69) is 5.10 Å². The van der Waals surface area contributed by atoms with Crippen molar-refractivity contribution in [2.24, 2.45) is 13.0 Å². The van der Waals surface area contributed by atoms with Crippen molar-refractivity contribution in [3.8, 4) is 0 Å². The van der Waals surface area contributed by atoms with Gasteiger partial charge >= 0.3 is 0 Å². The van der Waals surface area contributed by atoms with Crippen molar-refractivity contribution >= 4 is 11.6 Å². The number of carbonyl (C=O) groups excluding carboxylic acids is 1. The van der Waals surface area contributed by atoms with Gasteiger partial charge in [-0.25, -0.2) is 0 Å². The molecule has 1 saturated heterocycles. The number of ether oxygens (including phenoxy) is 1. The van der Waals surface area contributed by atoms with E-state index in [0.29, 0.717) is 12.5 Å². The van der Waals surface area contributed by atoms with Crippen LogP contribution in [0.1, 0.15) is 36.2 Å². The van der Waals surface area contributed by atoms with Gasteiger partial charge in [0.05, 0.1) is 18.2 Å². The second-order valence-electron chi connectivity index (χ2n) is 6.94. The number of benzene rings is 1. The molecule has 3 rings (SSSR count). The number of hydrogen-bond acceptors (Lipinski definition) is 3. The summed E-state index contributed by atoms with van der Waals surface area (Å²) in [6.07, 6.45) is 1.01. The second kappa shape index (κ2) is 7.40. The van der Waals surface area contributed by atoms with Crippen LogP contribution in [-0.4, -0.2) is 35.4 Å². The minimum Gasteiger partial charge on any atom is -0.381 e. The second-order valence-corrected chi connectivity index (χ2v) is 6.94. The number of nitrogens with zero attached hydrogens (tertiary/aromatic N) is 3. The standard InChI is InChI=1S/C20H27N3O2/c1-14(19-15(2)21-22(4)16(19)3)20(24)23(12-17-10-11-25-13-17)18-8-6-5-7-9-18/h5-9,14,17H,10-13H2,1-4H3. The number of rotatable bonds is 5. The third-order valence-corrected chi connectivity index (χ3v) is 5.17. The normalized spacial score (nSPS) is 18.3. The maximum absolute atomic E-state index is 13.4. The van der Waals surface area contributed by atoms with E-state index in [1.165, 1.54) is 0 Å². The van der Waals surface area contributed by atoms with Gasteiger partial charge in [-0.1, -0.05) is 18.2 Å². The molecule has 1 aliphatic heterocycles. The number of para-hydroxylation sites is 1. The van der Waals surface area contributed by atoms with E-state index in [4.69, 9.17) is 4.74 Å². The zero-order valence-electron chi connectivity index (χ0n) is 15.5. The fourth-order valence-corrected chi connectivity index (χ4v) is 3.69. The predicted molar refractivity (Wildman–Crippen MR) is 98.8 cm³/mol. The lowest BCUT2D eigenvalue weighted by Crippen LogP contribution is -2.38. The van der Waals surface area contributed by atoms with Crippen LogP contribution < -0.4 is 4.90 Å². The van der Waals surface area contributed by atoms with E-state index in [0.717, 1.165) is 42.3 Å². The first-order chi connectivity index (χ1) is 12.0. The molecule has 0 saturated carbocycles. The largest absolute Gasteiger partial charge is 0.381 e. The minimum atomic E-state index is -0.226. The molecule has 5 heteroatoms. The van der Waals surface area contributed by atoms with E-state index >= 15 is 0 Å². The van der Waals surface area contributed by atoms with Crippen LogP contribution in [-0.2, 0) is 16.6 Å². The number of anilines is 1. The van der Waals surface area contributed by atoms with Crippen molar-refractivity contribution in [3.63, 3.8) is 0 Å². The summed E-state index contributed by atoms with van der Waals surface area (Å²) in [4.78, 5) is 15.3. The Morgan fingerprint density at radius 2 is 2.08 bits per heavy atom. The van der Waals surface area contributed by atoms with Crippen molar-refractivity contribution in [1.29, 1.82) is 0 Å². The van der Waals surface area contributed by atoms with E-state index < -0.39 is 0 Å². The lowest BCUT2D eigenvalue weighted by atomic mass is 9.96. The van der Waals surface area contributed by atoms with Gasteiger partial charge in [-0.2, -0.15) is 5.10 Å². The molecule has 0 N–H and O–H groups in total. The summed E-state index contributed by atoms with van der Waals surface area (Å²) in [6.45, 7) is 8.21. The first kappa shape index (κ1) is 17.7. The zero-order chi connectivity index (χ0) is 18.0. The average Bonchev–Trinajstić information content (AvgIpc) is 3.21. The molecule has 2 atom stereocenters. The Kier molecular flexibility index (Phi) is 5.23. The molecule has 0 radical (unpaired) electrons. The molecule has 1 aliphatic rings. The number of aromatic nitrogens is 2. The van der Waals surface area contributed by atoms with Crippen LogP contribution in [0, 0.1) is 19.8 Å². The maximum Gasteiger partial charge on any atom is 0.234 e. The Labute approximate surface area is 149 Å². The molecule has 134 valence electrons. The van der Waals surface area contributed by atoms with Gasteiger partial charge in [-0.15, -0.1) is 0 Å². The molecule has 1 aromatic carbocycles. The summed E-state index contributed by atoms with van der Waals surface area (Å²) in [5.74, 6) is 0.293. The van der Waals surface area contributed by atoms with Gasteiger partial charge in [0.25, 0.3) is 0 Å². The quantitative estimate of drug-likeness (QED) is 0.839. The van der Waals surface area contributed by atoms with Gasteiger partial charge in [-0.3, -0.25) is 9.48 Å². The Balaban J connectivity index is 1.90. The highest BCUT2D eigenvalue weighted by atomic mass is 16.5. The summed E-state index contributed by atoms with van der Waals surface area (Å²) in [7, 11) is 1.92. The summed E-state index contributed by atoms with van der Waals surface area (Å²) >= 11 is 0.